The summed E-state index contributed by atoms with van der Waals surface area (Å²) in [5, 5.41) is 19.0. The number of hydrogen-bond acceptors (Lipinski definition) is 3. The molecule has 0 aliphatic carbocycles. The van der Waals surface area contributed by atoms with Gasteiger partial charge in [0.05, 0.1) is 0 Å². The lowest BCUT2D eigenvalue weighted by Gasteiger charge is -2.38. The predicted octanol–water partition coefficient (Wildman–Crippen LogP) is 1.22. The van der Waals surface area contributed by atoms with Crippen LogP contribution in [0.2, 0.25) is 0 Å². The van der Waals surface area contributed by atoms with Crippen molar-refractivity contribution in [1.29, 1.82) is 0 Å². The number of carboxylic acid groups (broad SMARTS) is 1. The van der Waals surface area contributed by atoms with E-state index in [9.17, 15) is 19.8 Å². The first kappa shape index (κ1) is 14.5. The highest BCUT2D eigenvalue weighted by Gasteiger charge is 2.50. The summed E-state index contributed by atoms with van der Waals surface area (Å²) in [4.78, 5) is 25.5. The van der Waals surface area contributed by atoms with Crippen molar-refractivity contribution in [1.82, 2.24) is 4.90 Å². The largest absolute Gasteiger partial charge is 0.479 e. The number of aliphatic hydroxyl groups is 1. The molecule has 1 heterocycles. The SMILES string of the molecule is CCC(C(=O)O)(c1ccccc1)N1CC(CO)CC1=O. The zero-order chi connectivity index (χ0) is 14.8. The molecule has 1 aliphatic rings. The molecule has 1 saturated heterocycles. The second-order valence-electron chi connectivity index (χ2n) is 5.14. The first-order valence-corrected chi connectivity index (χ1v) is 6.76. The van der Waals surface area contributed by atoms with Crippen molar-refractivity contribution < 1.29 is 19.8 Å². The monoisotopic (exact) mass is 277 g/mol. The van der Waals surface area contributed by atoms with Crippen LogP contribution in [0.3, 0.4) is 0 Å². The first-order valence-electron chi connectivity index (χ1n) is 6.76. The third-order valence-corrected chi connectivity index (χ3v) is 4.04. The summed E-state index contributed by atoms with van der Waals surface area (Å²) < 4.78 is 0. The minimum atomic E-state index is -1.34. The molecule has 0 bridgehead atoms. The third kappa shape index (κ3) is 2.18. The summed E-state index contributed by atoms with van der Waals surface area (Å²) >= 11 is 0. The Morgan fingerprint density at radius 1 is 1.40 bits per heavy atom. The van der Waals surface area contributed by atoms with Crippen LogP contribution < -0.4 is 0 Å². The lowest BCUT2D eigenvalue weighted by atomic mass is 9.85. The van der Waals surface area contributed by atoms with Crippen LogP contribution in [0.25, 0.3) is 0 Å². The van der Waals surface area contributed by atoms with Crippen molar-refractivity contribution in [2.24, 2.45) is 5.92 Å². The van der Waals surface area contributed by atoms with Crippen molar-refractivity contribution >= 4 is 11.9 Å². The van der Waals surface area contributed by atoms with E-state index in [2.05, 4.69) is 0 Å². The molecule has 108 valence electrons. The van der Waals surface area contributed by atoms with E-state index < -0.39 is 11.5 Å². The maximum Gasteiger partial charge on any atom is 0.334 e. The molecule has 5 nitrogen and oxygen atoms in total. The standard InChI is InChI=1S/C15H19NO4/c1-2-15(14(19)20,12-6-4-3-5-7-12)16-9-11(10-17)8-13(16)18/h3-7,11,17H,2,8-10H2,1H3,(H,19,20). The van der Waals surface area contributed by atoms with Crippen molar-refractivity contribution in [2.75, 3.05) is 13.2 Å². The Bertz CT molecular complexity index is 502. The van der Waals surface area contributed by atoms with Gasteiger partial charge in [-0.05, 0) is 12.0 Å². The predicted molar refractivity (Wildman–Crippen MR) is 73.0 cm³/mol. The smallest absolute Gasteiger partial charge is 0.334 e. The fourth-order valence-corrected chi connectivity index (χ4v) is 2.93. The van der Waals surface area contributed by atoms with Gasteiger partial charge in [-0.2, -0.15) is 0 Å². The van der Waals surface area contributed by atoms with E-state index >= 15 is 0 Å². The lowest BCUT2D eigenvalue weighted by molar-refractivity contribution is -0.158. The summed E-state index contributed by atoms with van der Waals surface area (Å²) in [6.07, 6.45) is 0.495. The summed E-state index contributed by atoms with van der Waals surface area (Å²) in [6, 6.07) is 8.82. The highest BCUT2D eigenvalue weighted by molar-refractivity contribution is 5.89. The zero-order valence-corrected chi connectivity index (χ0v) is 11.5. The van der Waals surface area contributed by atoms with E-state index in [1.807, 2.05) is 6.07 Å². The molecule has 1 amide bonds. The molecule has 0 aromatic heterocycles. The normalized spacial score (nSPS) is 21.8. The van der Waals surface area contributed by atoms with Crippen molar-refractivity contribution in [3.8, 4) is 0 Å². The summed E-state index contributed by atoms with van der Waals surface area (Å²) in [6.45, 7) is 1.95. The Hall–Kier alpha value is -1.88. The van der Waals surface area contributed by atoms with Gasteiger partial charge in [-0.1, -0.05) is 37.3 Å². The van der Waals surface area contributed by atoms with E-state index in [0.29, 0.717) is 5.56 Å². The van der Waals surface area contributed by atoms with E-state index in [1.54, 1.807) is 31.2 Å². The molecule has 20 heavy (non-hydrogen) atoms. The quantitative estimate of drug-likeness (QED) is 0.848. The van der Waals surface area contributed by atoms with Gasteiger partial charge in [0.25, 0.3) is 0 Å². The highest BCUT2D eigenvalue weighted by atomic mass is 16.4. The maximum absolute atomic E-state index is 12.2. The van der Waals surface area contributed by atoms with Gasteiger partial charge in [0, 0.05) is 25.5 Å². The van der Waals surface area contributed by atoms with Crippen LogP contribution in [-0.4, -0.2) is 40.1 Å². The Balaban J connectivity index is 2.48. The van der Waals surface area contributed by atoms with Crippen LogP contribution in [-0.2, 0) is 15.1 Å². The minimum absolute atomic E-state index is 0.101. The molecular weight excluding hydrogens is 258 g/mol. The summed E-state index contributed by atoms with van der Waals surface area (Å²) in [7, 11) is 0. The number of likely N-dealkylation sites (tertiary alicyclic amines) is 1. The number of carbonyl (C=O) groups excluding carboxylic acids is 1. The van der Waals surface area contributed by atoms with Gasteiger partial charge >= 0.3 is 5.97 Å². The van der Waals surface area contributed by atoms with Gasteiger partial charge in [-0.3, -0.25) is 4.79 Å². The van der Waals surface area contributed by atoms with Gasteiger partial charge in [0.15, 0.2) is 5.54 Å². The minimum Gasteiger partial charge on any atom is -0.479 e. The van der Waals surface area contributed by atoms with Crippen LogP contribution >= 0.6 is 0 Å². The highest BCUT2D eigenvalue weighted by Crippen LogP contribution is 2.37. The van der Waals surface area contributed by atoms with Crippen LogP contribution in [0.15, 0.2) is 30.3 Å². The Morgan fingerprint density at radius 2 is 2.05 bits per heavy atom. The average Bonchev–Trinajstić information content (AvgIpc) is 2.83. The maximum atomic E-state index is 12.2. The van der Waals surface area contributed by atoms with Crippen molar-refractivity contribution in [2.45, 2.75) is 25.3 Å². The molecule has 2 N–H and O–H groups in total. The second kappa shape index (κ2) is 5.63. The zero-order valence-electron chi connectivity index (χ0n) is 11.5. The Morgan fingerprint density at radius 3 is 2.50 bits per heavy atom. The number of rotatable bonds is 5. The average molecular weight is 277 g/mol. The number of amides is 1. The van der Waals surface area contributed by atoms with E-state index in [-0.39, 0.29) is 37.8 Å². The Labute approximate surface area is 117 Å². The molecular formula is C15H19NO4. The first-order chi connectivity index (χ1) is 9.56. The number of carbonyl (C=O) groups is 2. The van der Waals surface area contributed by atoms with Crippen LogP contribution in [0.4, 0.5) is 0 Å². The molecule has 1 aliphatic heterocycles. The fourth-order valence-electron chi connectivity index (χ4n) is 2.93. The van der Waals surface area contributed by atoms with E-state index in [0.717, 1.165) is 0 Å². The number of aliphatic hydroxyl groups excluding tert-OH is 1. The number of carboxylic acids is 1. The molecule has 0 radical (unpaired) electrons. The second-order valence-corrected chi connectivity index (χ2v) is 5.14. The van der Waals surface area contributed by atoms with Gasteiger partial charge in [-0.25, -0.2) is 4.79 Å². The molecule has 2 rings (SSSR count). The van der Waals surface area contributed by atoms with Gasteiger partial charge < -0.3 is 15.1 Å². The number of hydrogen-bond donors (Lipinski definition) is 2. The molecule has 0 spiro atoms. The lowest BCUT2D eigenvalue weighted by Crippen LogP contribution is -2.52. The molecule has 1 aromatic carbocycles. The van der Waals surface area contributed by atoms with Crippen LogP contribution in [0, 0.1) is 5.92 Å². The topological polar surface area (TPSA) is 77.8 Å². The van der Waals surface area contributed by atoms with Crippen LogP contribution in [0.1, 0.15) is 25.3 Å². The molecule has 1 aromatic rings. The van der Waals surface area contributed by atoms with Crippen molar-refractivity contribution in [3.05, 3.63) is 35.9 Å². The van der Waals surface area contributed by atoms with Crippen molar-refractivity contribution in [3.63, 3.8) is 0 Å². The number of aliphatic carboxylic acids is 1. The molecule has 0 saturated carbocycles. The molecule has 2 unspecified atom stereocenters. The van der Waals surface area contributed by atoms with Crippen LogP contribution in [0.5, 0.6) is 0 Å². The summed E-state index contributed by atoms with van der Waals surface area (Å²) in [5.41, 5.74) is -0.746. The van der Waals surface area contributed by atoms with Gasteiger partial charge in [0.2, 0.25) is 5.91 Å². The number of benzene rings is 1. The Kier molecular flexibility index (Phi) is 4.09. The molecule has 1 fully saturated rings. The fraction of sp³-hybridized carbons (Fsp3) is 0.467. The molecule has 2 atom stereocenters. The third-order valence-electron chi connectivity index (χ3n) is 4.04. The van der Waals surface area contributed by atoms with E-state index in [4.69, 9.17) is 0 Å². The van der Waals surface area contributed by atoms with E-state index in [1.165, 1.54) is 4.90 Å². The van der Waals surface area contributed by atoms with Gasteiger partial charge in [0.1, 0.15) is 0 Å². The summed E-state index contributed by atoms with van der Waals surface area (Å²) in [5.74, 6) is -1.42. The molecule has 5 heteroatoms. The van der Waals surface area contributed by atoms with Gasteiger partial charge in [-0.15, -0.1) is 0 Å². The number of nitrogens with zero attached hydrogens (tertiary/aromatic N) is 1.